The van der Waals surface area contributed by atoms with E-state index in [-0.39, 0.29) is 0 Å². The fourth-order valence-corrected chi connectivity index (χ4v) is 7.24. The largest absolute Gasteiger partial charge is 0.450 e. The van der Waals surface area contributed by atoms with Crippen LogP contribution in [0.5, 0.6) is 0 Å². The standard InChI is InChI=1S/C46H30N4O/c1-5-15-31(16-6-1)33-25-28-42-39(29-33)43-44(51-42)46(48-45(47-43)32-17-7-2-8-18-32)50-40-24-14-13-23-37(40)38-30-36(26-27-41(38)50)49(34-19-9-3-10-20-34)35-21-11-4-12-22-35/h1-30H. The van der Waals surface area contributed by atoms with E-state index in [1.807, 2.05) is 30.3 Å². The second kappa shape index (κ2) is 11.9. The van der Waals surface area contributed by atoms with Gasteiger partial charge in [0.05, 0.1) is 11.0 Å². The number of benzene rings is 7. The molecular weight excluding hydrogens is 625 g/mol. The molecule has 10 aromatic rings. The summed E-state index contributed by atoms with van der Waals surface area (Å²) >= 11 is 0. The molecule has 5 heteroatoms. The number of hydrogen-bond donors (Lipinski definition) is 0. The number of para-hydroxylation sites is 3. The Balaban J connectivity index is 1.25. The van der Waals surface area contributed by atoms with Gasteiger partial charge in [-0.3, -0.25) is 4.57 Å². The summed E-state index contributed by atoms with van der Waals surface area (Å²) in [6, 6.07) is 63.2. The Labute approximate surface area is 294 Å². The van der Waals surface area contributed by atoms with Crippen molar-refractivity contribution in [3.05, 3.63) is 182 Å². The fourth-order valence-electron chi connectivity index (χ4n) is 7.24. The molecule has 10 rings (SSSR count). The average molecular weight is 655 g/mol. The molecule has 0 bridgehead atoms. The van der Waals surface area contributed by atoms with Gasteiger partial charge < -0.3 is 9.32 Å². The van der Waals surface area contributed by atoms with Gasteiger partial charge in [0.25, 0.3) is 0 Å². The van der Waals surface area contributed by atoms with Gasteiger partial charge in [0, 0.05) is 38.8 Å². The fraction of sp³-hybridized carbons (Fsp3) is 0. The molecule has 240 valence electrons. The summed E-state index contributed by atoms with van der Waals surface area (Å²) in [5.74, 6) is 1.35. The van der Waals surface area contributed by atoms with E-state index in [0.717, 1.165) is 72.0 Å². The molecule has 5 nitrogen and oxygen atoms in total. The lowest BCUT2D eigenvalue weighted by atomic mass is 10.0. The molecule has 0 unspecified atom stereocenters. The minimum atomic E-state index is 0.646. The van der Waals surface area contributed by atoms with Gasteiger partial charge in [-0.05, 0) is 71.8 Å². The van der Waals surface area contributed by atoms with Crippen LogP contribution in [0.3, 0.4) is 0 Å². The SMILES string of the molecule is c1ccc(-c2ccc3oc4c(-n5c6ccccc6c6cc(N(c7ccccc7)c7ccccc7)ccc65)nc(-c5ccccc5)nc4c3c2)cc1. The molecule has 3 heterocycles. The van der Waals surface area contributed by atoms with E-state index in [4.69, 9.17) is 14.4 Å². The highest BCUT2D eigenvalue weighted by Crippen LogP contribution is 2.42. The van der Waals surface area contributed by atoms with Gasteiger partial charge in [0.1, 0.15) is 11.1 Å². The third-order valence-electron chi connectivity index (χ3n) is 9.59. The van der Waals surface area contributed by atoms with Crippen LogP contribution in [0.1, 0.15) is 0 Å². The summed E-state index contributed by atoms with van der Waals surface area (Å²) in [4.78, 5) is 12.8. The number of anilines is 3. The van der Waals surface area contributed by atoms with Crippen LogP contribution >= 0.6 is 0 Å². The van der Waals surface area contributed by atoms with E-state index in [0.29, 0.717) is 17.2 Å². The summed E-state index contributed by atoms with van der Waals surface area (Å²) in [5.41, 5.74) is 10.7. The number of nitrogens with zero attached hydrogens (tertiary/aromatic N) is 4. The Kier molecular flexibility index (Phi) is 6.74. The van der Waals surface area contributed by atoms with Crippen LogP contribution in [-0.2, 0) is 0 Å². The first kappa shape index (κ1) is 29.0. The number of fused-ring (bicyclic) bond motifs is 6. The van der Waals surface area contributed by atoms with E-state index in [9.17, 15) is 0 Å². The van der Waals surface area contributed by atoms with Gasteiger partial charge in [-0.2, -0.15) is 0 Å². The van der Waals surface area contributed by atoms with E-state index in [1.54, 1.807) is 0 Å². The first-order valence-electron chi connectivity index (χ1n) is 17.1. The molecule has 3 aromatic heterocycles. The predicted molar refractivity (Wildman–Crippen MR) is 209 cm³/mol. The van der Waals surface area contributed by atoms with Crippen molar-refractivity contribution in [2.24, 2.45) is 0 Å². The molecular formula is C46H30N4O. The highest BCUT2D eigenvalue weighted by atomic mass is 16.3. The molecule has 7 aromatic carbocycles. The monoisotopic (exact) mass is 654 g/mol. The van der Waals surface area contributed by atoms with Crippen LogP contribution in [0.25, 0.3) is 72.2 Å². The van der Waals surface area contributed by atoms with Crippen molar-refractivity contribution in [2.75, 3.05) is 4.90 Å². The summed E-state index contributed by atoms with van der Waals surface area (Å²) in [6.45, 7) is 0. The summed E-state index contributed by atoms with van der Waals surface area (Å²) in [5, 5.41) is 3.21. The smallest absolute Gasteiger partial charge is 0.197 e. The number of rotatable bonds is 6. The zero-order chi connectivity index (χ0) is 33.7. The van der Waals surface area contributed by atoms with Crippen LogP contribution in [0.4, 0.5) is 17.1 Å². The highest BCUT2D eigenvalue weighted by molar-refractivity contribution is 6.13. The van der Waals surface area contributed by atoms with Crippen molar-refractivity contribution in [3.8, 4) is 28.3 Å². The molecule has 0 saturated heterocycles. The molecule has 0 fully saturated rings. The Morgan fingerprint density at radius 2 is 1.04 bits per heavy atom. The number of hydrogen-bond acceptors (Lipinski definition) is 4. The second-order valence-electron chi connectivity index (χ2n) is 12.7. The molecule has 0 aliphatic rings. The van der Waals surface area contributed by atoms with E-state index in [1.165, 1.54) is 0 Å². The minimum Gasteiger partial charge on any atom is -0.450 e. The first-order chi connectivity index (χ1) is 25.3. The summed E-state index contributed by atoms with van der Waals surface area (Å²) < 4.78 is 8.95. The number of aromatic nitrogens is 3. The van der Waals surface area contributed by atoms with Crippen molar-refractivity contribution >= 4 is 60.9 Å². The van der Waals surface area contributed by atoms with Crippen LogP contribution < -0.4 is 4.90 Å². The molecule has 0 N–H and O–H groups in total. The van der Waals surface area contributed by atoms with Crippen LogP contribution in [0.2, 0.25) is 0 Å². The molecule has 51 heavy (non-hydrogen) atoms. The summed E-state index contributed by atoms with van der Waals surface area (Å²) in [7, 11) is 0. The lowest BCUT2D eigenvalue weighted by molar-refractivity contribution is 0.662. The molecule has 0 radical (unpaired) electrons. The Bertz CT molecular complexity index is 2800. The quantitative estimate of drug-likeness (QED) is 0.179. The van der Waals surface area contributed by atoms with Crippen molar-refractivity contribution in [1.82, 2.24) is 14.5 Å². The zero-order valence-corrected chi connectivity index (χ0v) is 27.5. The van der Waals surface area contributed by atoms with Crippen LogP contribution in [0, 0.1) is 0 Å². The highest BCUT2D eigenvalue weighted by Gasteiger charge is 2.23. The van der Waals surface area contributed by atoms with E-state index < -0.39 is 0 Å². The Hall–Kier alpha value is -6.98. The van der Waals surface area contributed by atoms with Gasteiger partial charge in [-0.1, -0.05) is 121 Å². The van der Waals surface area contributed by atoms with Gasteiger partial charge in [0.2, 0.25) is 0 Å². The Morgan fingerprint density at radius 1 is 0.431 bits per heavy atom. The van der Waals surface area contributed by atoms with Gasteiger partial charge in [-0.15, -0.1) is 0 Å². The van der Waals surface area contributed by atoms with Crippen molar-refractivity contribution in [1.29, 1.82) is 0 Å². The number of furan rings is 1. The van der Waals surface area contributed by atoms with Crippen molar-refractivity contribution in [2.45, 2.75) is 0 Å². The van der Waals surface area contributed by atoms with Crippen LogP contribution in [-0.4, -0.2) is 14.5 Å². The molecule has 0 saturated carbocycles. The second-order valence-corrected chi connectivity index (χ2v) is 12.7. The third kappa shape index (κ3) is 4.86. The van der Waals surface area contributed by atoms with Gasteiger partial charge in [-0.25, -0.2) is 9.97 Å². The van der Waals surface area contributed by atoms with Crippen LogP contribution in [0.15, 0.2) is 186 Å². The van der Waals surface area contributed by atoms with Crippen molar-refractivity contribution in [3.63, 3.8) is 0 Å². The van der Waals surface area contributed by atoms with Gasteiger partial charge in [0.15, 0.2) is 17.2 Å². The zero-order valence-electron chi connectivity index (χ0n) is 27.5. The lowest BCUT2D eigenvalue weighted by Crippen LogP contribution is -2.09. The third-order valence-corrected chi connectivity index (χ3v) is 9.59. The molecule has 0 atom stereocenters. The minimum absolute atomic E-state index is 0.646. The predicted octanol–water partition coefficient (Wildman–Crippen LogP) is 12.3. The van der Waals surface area contributed by atoms with E-state index in [2.05, 4.69) is 161 Å². The Morgan fingerprint density at radius 3 is 1.75 bits per heavy atom. The maximum Gasteiger partial charge on any atom is 0.197 e. The molecule has 0 aliphatic carbocycles. The molecule has 0 spiro atoms. The maximum atomic E-state index is 6.71. The lowest BCUT2D eigenvalue weighted by Gasteiger charge is -2.25. The molecule has 0 aliphatic heterocycles. The maximum absolute atomic E-state index is 6.71. The van der Waals surface area contributed by atoms with Crippen molar-refractivity contribution < 1.29 is 4.42 Å². The topological polar surface area (TPSA) is 47.1 Å². The molecule has 0 amide bonds. The van der Waals surface area contributed by atoms with E-state index >= 15 is 0 Å². The normalized spacial score (nSPS) is 11.5. The summed E-state index contributed by atoms with van der Waals surface area (Å²) in [6.07, 6.45) is 0. The first-order valence-corrected chi connectivity index (χ1v) is 17.1. The average Bonchev–Trinajstić information content (AvgIpc) is 3.74. The van der Waals surface area contributed by atoms with Gasteiger partial charge >= 0.3 is 0 Å².